The van der Waals surface area contributed by atoms with E-state index >= 15 is 0 Å². The highest BCUT2D eigenvalue weighted by molar-refractivity contribution is 5.97. The normalized spacial score (nSPS) is 16.4. The molecule has 0 bridgehead atoms. The van der Waals surface area contributed by atoms with Crippen LogP contribution in [0.15, 0.2) is 23.5 Å². The second-order valence-electron chi connectivity index (χ2n) is 5.15. The number of rotatable bonds is 4. The van der Waals surface area contributed by atoms with Gasteiger partial charge in [-0.2, -0.15) is 0 Å². The van der Waals surface area contributed by atoms with E-state index in [9.17, 15) is 4.79 Å². The lowest BCUT2D eigenvalue weighted by Crippen LogP contribution is -2.44. The summed E-state index contributed by atoms with van der Waals surface area (Å²) in [5.74, 6) is -0.0682. The van der Waals surface area contributed by atoms with Crippen molar-refractivity contribution in [2.24, 2.45) is 10.9 Å². The highest BCUT2D eigenvalue weighted by Gasteiger charge is 2.28. The molecule has 1 aliphatic rings. The molecule has 3 N–H and O–H groups in total. The van der Waals surface area contributed by atoms with Crippen LogP contribution < -0.4 is 5.73 Å². The van der Waals surface area contributed by atoms with Gasteiger partial charge in [0, 0.05) is 17.9 Å². The molecule has 6 nitrogen and oxygen atoms in total. The molecule has 6 heteroatoms. The zero-order valence-electron chi connectivity index (χ0n) is 11.6. The van der Waals surface area contributed by atoms with E-state index in [1.807, 2.05) is 13.0 Å². The van der Waals surface area contributed by atoms with Crippen molar-refractivity contribution in [2.75, 3.05) is 6.54 Å². The van der Waals surface area contributed by atoms with Crippen LogP contribution in [0.5, 0.6) is 0 Å². The third-order valence-corrected chi connectivity index (χ3v) is 3.65. The van der Waals surface area contributed by atoms with Gasteiger partial charge >= 0.3 is 0 Å². The van der Waals surface area contributed by atoms with Crippen LogP contribution in [0.3, 0.4) is 0 Å². The number of amides is 1. The second-order valence-corrected chi connectivity index (χ2v) is 5.15. The number of aromatic nitrogens is 1. The molecule has 0 atom stereocenters. The fourth-order valence-electron chi connectivity index (χ4n) is 2.55. The molecule has 0 radical (unpaired) electrons. The predicted octanol–water partition coefficient (Wildman–Crippen LogP) is 1.52. The van der Waals surface area contributed by atoms with Gasteiger partial charge in [-0.05, 0) is 31.9 Å². The third kappa shape index (κ3) is 3.26. The zero-order chi connectivity index (χ0) is 14.5. The molecule has 0 saturated heterocycles. The van der Waals surface area contributed by atoms with E-state index in [-0.39, 0.29) is 24.3 Å². The summed E-state index contributed by atoms with van der Waals surface area (Å²) in [7, 11) is 0. The Bertz CT molecular complexity index is 492. The van der Waals surface area contributed by atoms with Gasteiger partial charge in [-0.25, -0.2) is 0 Å². The first kappa shape index (κ1) is 14.3. The minimum Gasteiger partial charge on any atom is -0.409 e. The lowest BCUT2D eigenvalue weighted by molar-refractivity contribution is 0.0712. The quantitative estimate of drug-likeness (QED) is 0.377. The summed E-state index contributed by atoms with van der Waals surface area (Å²) in [5, 5.41) is 11.7. The molecule has 1 aromatic rings. The van der Waals surface area contributed by atoms with Gasteiger partial charge in [-0.3, -0.25) is 9.78 Å². The maximum Gasteiger partial charge on any atom is 0.256 e. The first-order valence-electron chi connectivity index (χ1n) is 6.82. The van der Waals surface area contributed by atoms with Gasteiger partial charge in [0.25, 0.3) is 5.91 Å². The van der Waals surface area contributed by atoms with E-state index in [4.69, 9.17) is 10.9 Å². The molecule has 0 unspecified atom stereocenters. The molecule has 108 valence electrons. The van der Waals surface area contributed by atoms with E-state index in [1.165, 1.54) is 0 Å². The maximum absolute atomic E-state index is 12.6. The number of nitrogens with zero attached hydrogens (tertiary/aromatic N) is 3. The topological polar surface area (TPSA) is 91.8 Å². The predicted molar refractivity (Wildman–Crippen MR) is 75.7 cm³/mol. The number of nitrogens with two attached hydrogens (primary N) is 1. The van der Waals surface area contributed by atoms with Crippen LogP contribution in [0.1, 0.15) is 41.7 Å². The Morgan fingerprint density at radius 2 is 2.20 bits per heavy atom. The molecular weight excluding hydrogens is 256 g/mol. The molecule has 1 amide bonds. The highest BCUT2D eigenvalue weighted by atomic mass is 16.4. The zero-order valence-corrected chi connectivity index (χ0v) is 11.6. The van der Waals surface area contributed by atoms with Crippen LogP contribution in [0.4, 0.5) is 0 Å². The van der Waals surface area contributed by atoms with Gasteiger partial charge in [0.05, 0.1) is 12.1 Å². The summed E-state index contributed by atoms with van der Waals surface area (Å²) in [6.45, 7) is 2.02. The standard InChI is InChI=1S/C14H20N4O2/c1-10-6-7-11(8-16-10)14(19)18(9-13(15)17-20)12-4-2-3-5-12/h6-8,12,20H,2-5,9H2,1H3,(H2,15,17). The van der Waals surface area contributed by atoms with Crippen molar-refractivity contribution in [3.05, 3.63) is 29.6 Å². The van der Waals surface area contributed by atoms with Crippen molar-refractivity contribution in [1.29, 1.82) is 0 Å². The summed E-state index contributed by atoms with van der Waals surface area (Å²) in [5.41, 5.74) is 6.97. The Morgan fingerprint density at radius 3 is 2.75 bits per heavy atom. The van der Waals surface area contributed by atoms with Crippen LogP contribution in [0, 0.1) is 6.92 Å². The van der Waals surface area contributed by atoms with Crippen molar-refractivity contribution in [1.82, 2.24) is 9.88 Å². The molecule has 0 spiro atoms. The van der Waals surface area contributed by atoms with Crippen LogP contribution in [-0.4, -0.2) is 39.4 Å². The summed E-state index contributed by atoms with van der Waals surface area (Å²) < 4.78 is 0. The number of oxime groups is 1. The van der Waals surface area contributed by atoms with Gasteiger partial charge in [0.1, 0.15) is 0 Å². The molecule has 2 rings (SSSR count). The first-order valence-corrected chi connectivity index (χ1v) is 6.82. The van der Waals surface area contributed by atoms with Gasteiger partial charge in [-0.15, -0.1) is 0 Å². The minimum atomic E-state index is -0.115. The summed E-state index contributed by atoms with van der Waals surface area (Å²) in [6.07, 6.45) is 5.72. The van der Waals surface area contributed by atoms with Gasteiger partial charge < -0.3 is 15.8 Å². The molecule has 1 aromatic heterocycles. The summed E-state index contributed by atoms with van der Waals surface area (Å²) >= 11 is 0. The van der Waals surface area contributed by atoms with Gasteiger partial charge in [0.2, 0.25) is 0 Å². The Balaban J connectivity index is 2.20. The molecule has 1 aliphatic carbocycles. The monoisotopic (exact) mass is 276 g/mol. The molecule has 1 fully saturated rings. The number of pyridine rings is 1. The van der Waals surface area contributed by atoms with E-state index in [2.05, 4.69) is 10.1 Å². The van der Waals surface area contributed by atoms with Crippen molar-refractivity contribution in [3.8, 4) is 0 Å². The average Bonchev–Trinajstić information content (AvgIpc) is 2.98. The van der Waals surface area contributed by atoms with E-state index < -0.39 is 0 Å². The fraction of sp³-hybridized carbons (Fsp3) is 0.500. The molecule has 0 aromatic carbocycles. The lowest BCUT2D eigenvalue weighted by Gasteiger charge is -2.28. The highest BCUT2D eigenvalue weighted by Crippen LogP contribution is 2.24. The Morgan fingerprint density at radius 1 is 1.50 bits per heavy atom. The smallest absolute Gasteiger partial charge is 0.256 e. The van der Waals surface area contributed by atoms with E-state index in [1.54, 1.807) is 17.2 Å². The molecule has 1 heterocycles. The lowest BCUT2D eigenvalue weighted by atomic mass is 10.1. The van der Waals surface area contributed by atoms with Crippen molar-refractivity contribution in [3.63, 3.8) is 0 Å². The number of amidine groups is 1. The first-order chi connectivity index (χ1) is 9.61. The van der Waals surface area contributed by atoms with Gasteiger partial charge in [0.15, 0.2) is 5.84 Å². The maximum atomic E-state index is 12.6. The summed E-state index contributed by atoms with van der Waals surface area (Å²) in [4.78, 5) is 18.4. The number of carbonyl (C=O) groups is 1. The molecule has 1 saturated carbocycles. The SMILES string of the molecule is Cc1ccc(C(=O)N(CC(N)=NO)C2CCCC2)cn1. The number of hydrogen-bond donors (Lipinski definition) is 2. The van der Waals surface area contributed by atoms with E-state index in [0.29, 0.717) is 5.56 Å². The Kier molecular flexibility index (Phi) is 4.55. The fourth-order valence-corrected chi connectivity index (χ4v) is 2.55. The number of carbonyl (C=O) groups excluding carboxylic acids is 1. The third-order valence-electron chi connectivity index (χ3n) is 3.65. The minimum absolute atomic E-state index is 0.0466. The largest absolute Gasteiger partial charge is 0.409 e. The Hall–Kier alpha value is -2.11. The number of aryl methyl sites for hydroxylation is 1. The van der Waals surface area contributed by atoms with Crippen molar-refractivity contribution < 1.29 is 10.0 Å². The van der Waals surface area contributed by atoms with Crippen molar-refractivity contribution >= 4 is 11.7 Å². The molecule has 0 aliphatic heterocycles. The summed E-state index contributed by atoms with van der Waals surface area (Å²) in [6, 6.07) is 3.73. The Labute approximate surface area is 118 Å². The molecular formula is C14H20N4O2. The van der Waals surface area contributed by atoms with Crippen LogP contribution in [-0.2, 0) is 0 Å². The van der Waals surface area contributed by atoms with Crippen LogP contribution in [0.2, 0.25) is 0 Å². The van der Waals surface area contributed by atoms with Gasteiger partial charge in [-0.1, -0.05) is 18.0 Å². The average molecular weight is 276 g/mol. The van der Waals surface area contributed by atoms with E-state index in [0.717, 1.165) is 31.4 Å². The van der Waals surface area contributed by atoms with Crippen LogP contribution in [0.25, 0.3) is 0 Å². The molecule has 20 heavy (non-hydrogen) atoms. The van der Waals surface area contributed by atoms with Crippen molar-refractivity contribution in [2.45, 2.75) is 38.6 Å². The van der Waals surface area contributed by atoms with Crippen LogP contribution >= 0.6 is 0 Å². The second kappa shape index (κ2) is 6.36. The number of hydrogen-bond acceptors (Lipinski definition) is 4.